The SMILES string of the molecule is O=C(N[C@@H](Cc1ccccc1)C(=O)N[C@@H](Cc1ccccc1)C(=O)Nc1ccc(Cl)c(Cl)c1)c1cc(Cl)ccc1O. The third-order valence-electron chi connectivity index (χ3n) is 6.21. The molecule has 0 bridgehead atoms. The van der Waals surface area contributed by atoms with Crippen molar-refractivity contribution in [1.82, 2.24) is 10.6 Å². The number of phenols is 1. The zero-order valence-corrected chi connectivity index (χ0v) is 23.9. The highest BCUT2D eigenvalue weighted by Gasteiger charge is 2.28. The fourth-order valence-electron chi connectivity index (χ4n) is 4.12. The van der Waals surface area contributed by atoms with E-state index in [1.54, 1.807) is 12.1 Å². The summed E-state index contributed by atoms with van der Waals surface area (Å²) >= 11 is 18.1. The molecule has 0 radical (unpaired) electrons. The van der Waals surface area contributed by atoms with Crippen LogP contribution in [0.2, 0.25) is 15.1 Å². The van der Waals surface area contributed by atoms with Gasteiger partial charge in [-0.1, -0.05) is 95.5 Å². The van der Waals surface area contributed by atoms with Gasteiger partial charge in [0, 0.05) is 23.6 Å². The van der Waals surface area contributed by atoms with Crippen LogP contribution >= 0.6 is 34.8 Å². The molecular weight excluding hydrogens is 585 g/mol. The summed E-state index contributed by atoms with van der Waals surface area (Å²) in [5, 5.41) is 19.3. The van der Waals surface area contributed by atoms with Crippen molar-refractivity contribution in [3.63, 3.8) is 0 Å². The number of hydrogen-bond acceptors (Lipinski definition) is 4. The van der Waals surface area contributed by atoms with E-state index in [1.165, 1.54) is 24.3 Å². The Bertz CT molecular complexity index is 1530. The molecule has 4 N–H and O–H groups in total. The van der Waals surface area contributed by atoms with Crippen LogP contribution in [-0.4, -0.2) is 34.9 Å². The minimum absolute atomic E-state index is 0.0819. The Morgan fingerprint density at radius 2 is 1.24 bits per heavy atom. The van der Waals surface area contributed by atoms with Gasteiger partial charge in [-0.2, -0.15) is 0 Å². The van der Waals surface area contributed by atoms with Crippen LogP contribution < -0.4 is 16.0 Å². The van der Waals surface area contributed by atoms with Crippen molar-refractivity contribution in [2.45, 2.75) is 24.9 Å². The molecule has 7 nitrogen and oxygen atoms in total. The van der Waals surface area contributed by atoms with Gasteiger partial charge in [0.25, 0.3) is 5.91 Å². The molecule has 4 aromatic rings. The van der Waals surface area contributed by atoms with Crippen molar-refractivity contribution in [3.8, 4) is 5.75 Å². The predicted molar refractivity (Wildman–Crippen MR) is 162 cm³/mol. The quantitative estimate of drug-likeness (QED) is 0.175. The third kappa shape index (κ3) is 8.47. The highest BCUT2D eigenvalue weighted by atomic mass is 35.5. The van der Waals surface area contributed by atoms with E-state index in [2.05, 4.69) is 16.0 Å². The van der Waals surface area contributed by atoms with E-state index in [9.17, 15) is 19.5 Å². The van der Waals surface area contributed by atoms with Crippen LogP contribution in [0.1, 0.15) is 21.5 Å². The number of halogens is 3. The number of carbonyl (C=O) groups is 3. The zero-order chi connectivity index (χ0) is 29.4. The maximum atomic E-state index is 13.7. The lowest BCUT2D eigenvalue weighted by Crippen LogP contribution is -2.54. The minimum atomic E-state index is -1.08. The molecule has 0 aromatic heterocycles. The number of phenolic OH excluding ortho intramolecular Hbond substituents is 1. The molecular formula is C31H26Cl3N3O4. The lowest BCUT2D eigenvalue weighted by atomic mass is 10.0. The Labute approximate surface area is 252 Å². The first kappa shape index (κ1) is 29.9. The third-order valence-corrected chi connectivity index (χ3v) is 7.18. The summed E-state index contributed by atoms with van der Waals surface area (Å²) in [7, 11) is 0. The normalized spacial score (nSPS) is 12.2. The van der Waals surface area contributed by atoms with E-state index in [0.717, 1.165) is 11.1 Å². The number of hydrogen-bond donors (Lipinski definition) is 4. The number of aromatic hydroxyl groups is 1. The van der Waals surface area contributed by atoms with Gasteiger partial charge in [-0.15, -0.1) is 0 Å². The van der Waals surface area contributed by atoms with Crippen LogP contribution in [0.15, 0.2) is 97.1 Å². The Kier molecular flexibility index (Phi) is 10.2. The second kappa shape index (κ2) is 14.0. The Hall–Kier alpha value is -4.04. The number of benzene rings is 4. The monoisotopic (exact) mass is 609 g/mol. The van der Waals surface area contributed by atoms with Gasteiger partial charge >= 0.3 is 0 Å². The molecule has 3 amide bonds. The highest BCUT2D eigenvalue weighted by molar-refractivity contribution is 6.42. The maximum absolute atomic E-state index is 13.7. The molecule has 0 unspecified atom stereocenters. The van der Waals surface area contributed by atoms with Crippen molar-refractivity contribution in [2.24, 2.45) is 0 Å². The van der Waals surface area contributed by atoms with Crippen LogP contribution in [0.3, 0.4) is 0 Å². The molecule has 210 valence electrons. The van der Waals surface area contributed by atoms with Crippen molar-refractivity contribution in [1.29, 1.82) is 0 Å². The lowest BCUT2D eigenvalue weighted by molar-refractivity contribution is -0.127. The number of rotatable bonds is 10. The number of anilines is 1. The van der Waals surface area contributed by atoms with E-state index in [4.69, 9.17) is 34.8 Å². The first-order valence-corrected chi connectivity index (χ1v) is 13.8. The fourth-order valence-corrected chi connectivity index (χ4v) is 4.59. The largest absolute Gasteiger partial charge is 0.507 e. The van der Waals surface area contributed by atoms with Gasteiger partial charge < -0.3 is 21.1 Å². The summed E-state index contributed by atoms with van der Waals surface area (Å²) in [4.78, 5) is 40.2. The molecule has 2 atom stereocenters. The molecule has 41 heavy (non-hydrogen) atoms. The van der Waals surface area contributed by atoms with Gasteiger partial charge in [0.2, 0.25) is 11.8 Å². The van der Waals surface area contributed by atoms with Crippen LogP contribution in [0, 0.1) is 0 Å². The molecule has 10 heteroatoms. The van der Waals surface area contributed by atoms with Crippen molar-refractivity contribution in [2.75, 3.05) is 5.32 Å². The van der Waals surface area contributed by atoms with Gasteiger partial charge in [0.15, 0.2) is 0 Å². The van der Waals surface area contributed by atoms with Gasteiger partial charge in [0.05, 0.1) is 15.6 Å². The fraction of sp³-hybridized carbons (Fsp3) is 0.129. The Balaban J connectivity index is 1.59. The molecule has 0 aliphatic rings. The van der Waals surface area contributed by atoms with Crippen molar-refractivity contribution in [3.05, 3.63) is 129 Å². The van der Waals surface area contributed by atoms with Gasteiger partial charge in [-0.05, 0) is 47.5 Å². The molecule has 0 aliphatic heterocycles. The summed E-state index contributed by atoms with van der Waals surface area (Å²) < 4.78 is 0. The molecule has 0 fully saturated rings. The number of amides is 3. The number of nitrogens with one attached hydrogen (secondary N) is 3. The van der Waals surface area contributed by atoms with Crippen LogP contribution in [0.4, 0.5) is 5.69 Å². The van der Waals surface area contributed by atoms with Crippen LogP contribution in [0.5, 0.6) is 5.75 Å². The molecule has 4 aromatic carbocycles. The Morgan fingerprint density at radius 3 is 1.83 bits per heavy atom. The van der Waals surface area contributed by atoms with E-state index < -0.39 is 29.8 Å². The predicted octanol–water partition coefficient (Wildman–Crippen LogP) is 6.06. The van der Waals surface area contributed by atoms with Crippen LogP contribution in [0.25, 0.3) is 0 Å². The molecule has 0 saturated carbocycles. The van der Waals surface area contributed by atoms with Crippen molar-refractivity contribution < 1.29 is 19.5 Å². The standard InChI is InChI=1S/C31H26Cl3N3O4/c32-21-11-14-28(38)23(17-21)29(39)36-27(16-20-9-5-2-6-10-20)31(41)37-26(15-19-7-3-1-4-8-19)30(40)35-22-12-13-24(33)25(34)18-22/h1-14,17-18,26-27,38H,15-16H2,(H,35,40)(H,36,39)(H,37,41)/t26-,27-/m0/s1. The molecule has 0 aliphatic carbocycles. The van der Waals surface area contributed by atoms with Gasteiger partial charge in [-0.25, -0.2) is 0 Å². The Morgan fingerprint density at radius 1 is 0.659 bits per heavy atom. The smallest absolute Gasteiger partial charge is 0.255 e. The molecule has 4 rings (SSSR count). The minimum Gasteiger partial charge on any atom is -0.507 e. The first-order valence-electron chi connectivity index (χ1n) is 12.6. The highest BCUT2D eigenvalue weighted by Crippen LogP contribution is 2.25. The molecule has 0 heterocycles. The molecule has 0 spiro atoms. The zero-order valence-electron chi connectivity index (χ0n) is 21.6. The average Bonchev–Trinajstić information content (AvgIpc) is 2.96. The topological polar surface area (TPSA) is 108 Å². The summed E-state index contributed by atoms with van der Waals surface area (Å²) in [5.74, 6) is -2.05. The maximum Gasteiger partial charge on any atom is 0.255 e. The van der Waals surface area contributed by atoms with E-state index >= 15 is 0 Å². The van der Waals surface area contributed by atoms with Gasteiger partial charge in [0.1, 0.15) is 17.8 Å². The van der Waals surface area contributed by atoms with Gasteiger partial charge in [-0.3, -0.25) is 14.4 Å². The van der Waals surface area contributed by atoms with E-state index in [0.29, 0.717) is 10.7 Å². The first-order chi connectivity index (χ1) is 19.7. The van der Waals surface area contributed by atoms with Crippen molar-refractivity contribution >= 4 is 58.2 Å². The second-order valence-corrected chi connectivity index (χ2v) is 10.5. The van der Waals surface area contributed by atoms with E-state index in [1.807, 2.05) is 60.7 Å². The summed E-state index contributed by atoms with van der Waals surface area (Å²) in [6, 6.07) is 25.0. The summed E-state index contributed by atoms with van der Waals surface area (Å²) in [6.45, 7) is 0. The summed E-state index contributed by atoms with van der Waals surface area (Å²) in [6.07, 6.45) is 0.313. The average molecular weight is 611 g/mol. The number of carbonyl (C=O) groups excluding carboxylic acids is 3. The lowest BCUT2D eigenvalue weighted by Gasteiger charge is -2.24. The summed E-state index contributed by atoms with van der Waals surface area (Å²) in [5.41, 5.74) is 1.92. The van der Waals surface area contributed by atoms with Crippen LogP contribution in [-0.2, 0) is 22.4 Å². The second-order valence-electron chi connectivity index (χ2n) is 9.25. The molecule has 0 saturated heterocycles. The van der Waals surface area contributed by atoms with E-state index in [-0.39, 0.29) is 34.2 Å².